The number of hydrogen-bond acceptors (Lipinski definition) is 7. The van der Waals surface area contributed by atoms with Gasteiger partial charge in [0.2, 0.25) is 5.95 Å². The summed E-state index contributed by atoms with van der Waals surface area (Å²) >= 11 is 1.41. The Kier molecular flexibility index (Phi) is 5.86. The highest BCUT2D eigenvalue weighted by Crippen LogP contribution is 2.27. The summed E-state index contributed by atoms with van der Waals surface area (Å²) in [5.41, 5.74) is 0. The highest BCUT2D eigenvalue weighted by Gasteiger charge is 2.24. The molecule has 2 rings (SSSR count). The second-order valence-electron chi connectivity index (χ2n) is 4.71. The summed E-state index contributed by atoms with van der Waals surface area (Å²) in [6, 6.07) is 0. The van der Waals surface area contributed by atoms with Crippen molar-refractivity contribution in [3.05, 3.63) is 0 Å². The molecule has 1 aromatic heterocycles. The van der Waals surface area contributed by atoms with Gasteiger partial charge < -0.3 is 14.4 Å². The SMILES string of the molecule is CCOC(=O)[C@H](CC)Sc1nnc(N2CCOCC2)n1C. The minimum Gasteiger partial charge on any atom is -0.465 e. The fraction of sp³-hybridized carbons (Fsp3) is 0.769. The topological polar surface area (TPSA) is 69.5 Å². The van der Waals surface area contributed by atoms with E-state index < -0.39 is 0 Å². The Hall–Kier alpha value is -1.28. The van der Waals surface area contributed by atoms with Crippen LogP contribution in [0.3, 0.4) is 0 Å². The third-order valence-corrected chi connectivity index (χ3v) is 4.65. The molecule has 118 valence electrons. The van der Waals surface area contributed by atoms with Crippen molar-refractivity contribution in [1.82, 2.24) is 14.8 Å². The van der Waals surface area contributed by atoms with E-state index in [2.05, 4.69) is 15.1 Å². The molecule has 1 fully saturated rings. The molecule has 0 saturated carbocycles. The molecule has 1 aliphatic heterocycles. The van der Waals surface area contributed by atoms with E-state index in [1.165, 1.54) is 11.8 Å². The fourth-order valence-corrected chi connectivity index (χ4v) is 3.02. The largest absolute Gasteiger partial charge is 0.465 e. The van der Waals surface area contributed by atoms with Crippen LogP contribution in [0.2, 0.25) is 0 Å². The first-order valence-corrected chi connectivity index (χ1v) is 8.10. The maximum atomic E-state index is 11.9. The molecule has 0 bridgehead atoms. The Labute approximate surface area is 129 Å². The number of rotatable bonds is 6. The Balaban J connectivity index is 2.06. The summed E-state index contributed by atoms with van der Waals surface area (Å²) in [6.45, 7) is 7.21. The molecule has 0 aliphatic carbocycles. The molecule has 2 heterocycles. The fourth-order valence-electron chi connectivity index (χ4n) is 2.11. The average molecular weight is 314 g/mol. The quantitative estimate of drug-likeness (QED) is 0.575. The summed E-state index contributed by atoms with van der Waals surface area (Å²) in [5, 5.41) is 8.94. The molecule has 0 N–H and O–H groups in total. The number of aromatic nitrogens is 3. The van der Waals surface area contributed by atoms with Gasteiger partial charge in [-0.2, -0.15) is 0 Å². The van der Waals surface area contributed by atoms with E-state index in [0.717, 1.165) is 24.2 Å². The molecule has 7 nitrogen and oxygen atoms in total. The first-order valence-electron chi connectivity index (χ1n) is 7.22. The number of nitrogens with zero attached hydrogens (tertiary/aromatic N) is 4. The predicted octanol–water partition coefficient (Wildman–Crippen LogP) is 1.09. The van der Waals surface area contributed by atoms with E-state index in [4.69, 9.17) is 9.47 Å². The number of hydrogen-bond donors (Lipinski definition) is 0. The van der Waals surface area contributed by atoms with Gasteiger partial charge in [0.15, 0.2) is 5.16 Å². The molecule has 1 atom stereocenters. The van der Waals surface area contributed by atoms with Gasteiger partial charge in [-0.05, 0) is 13.3 Å². The second-order valence-corrected chi connectivity index (χ2v) is 5.88. The monoisotopic (exact) mass is 314 g/mol. The van der Waals surface area contributed by atoms with Gasteiger partial charge in [-0.15, -0.1) is 10.2 Å². The van der Waals surface area contributed by atoms with Gasteiger partial charge in [0.25, 0.3) is 0 Å². The van der Waals surface area contributed by atoms with Crippen LogP contribution in [0.25, 0.3) is 0 Å². The van der Waals surface area contributed by atoms with Gasteiger partial charge >= 0.3 is 5.97 Å². The number of carbonyl (C=O) groups is 1. The number of carbonyl (C=O) groups excluding carboxylic acids is 1. The number of morpholine rings is 1. The second kappa shape index (κ2) is 7.65. The van der Waals surface area contributed by atoms with Crippen molar-refractivity contribution < 1.29 is 14.3 Å². The van der Waals surface area contributed by atoms with Gasteiger partial charge in [-0.1, -0.05) is 18.7 Å². The van der Waals surface area contributed by atoms with Crippen LogP contribution >= 0.6 is 11.8 Å². The summed E-state index contributed by atoms with van der Waals surface area (Å²) < 4.78 is 12.4. The van der Waals surface area contributed by atoms with Crippen LogP contribution in [0.15, 0.2) is 5.16 Å². The summed E-state index contributed by atoms with van der Waals surface area (Å²) in [7, 11) is 1.92. The van der Waals surface area contributed by atoms with Gasteiger partial charge in [0.05, 0.1) is 19.8 Å². The summed E-state index contributed by atoms with van der Waals surface area (Å²) in [5.74, 6) is 0.625. The zero-order valence-electron chi connectivity index (χ0n) is 12.7. The molecular weight excluding hydrogens is 292 g/mol. The standard InChI is InChI=1S/C13H22N4O3S/c1-4-10(11(18)20-5-2)21-13-15-14-12(16(13)3)17-6-8-19-9-7-17/h10H,4-9H2,1-3H3/t10-/m0/s1. The zero-order chi connectivity index (χ0) is 15.2. The summed E-state index contributed by atoms with van der Waals surface area (Å²) in [4.78, 5) is 14.0. The van der Waals surface area contributed by atoms with Gasteiger partial charge in [-0.25, -0.2) is 0 Å². The van der Waals surface area contributed by atoms with E-state index in [1.807, 2.05) is 25.5 Å². The molecule has 1 saturated heterocycles. The Morgan fingerprint density at radius 2 is 2.10 bits per heavy atom. The minimum atomic E-state index is -0.245. The van der Waals surface area contributed by atoms with Crippen LogP contribution < -0.4 is 4.90 Å². The number of esters is 1. The van der Waals surface area contributed by atoms with Crippen LogP contribution in [0.1, 0.15) is 20.3 Å². The van der Waals surface area contributed by atoms with E-state index >= 15 is 0 Å². The Morgan fingerprint density at radius 3 is 2.71 bits per heavy atom. The lowest BCUT2D eigenvalue weighted by atomic mass is 10.3. The third-order valence-electron chi connectivity index (χ3n) is 3.27. The molecule has 0 radical (unpaired) electrons. The van der Waals surface area contributed by atoms with E-state index in [-0.39, 0.29) is 11.2 Å². The highest BCUT2D eigenvalue weighted by molar-refractivity contribution is 8.00. The van der Waals surface area contributed by atoms with Gasteiger partial charge in [0.1, 0.15) is 5.25 Å². The lowest BCUT2D eigenvalue weighted by molar-refractivity contribution is -0.142. The van der Waals surface area contributed by atoms with Crippen molar-refractivity contribution in [2.75, 3.05) is 37.8 Å². The van der Waals surface area contributed by atoms with Gasteiger partial charge in [-0.3, -0.25) is 9.36 Å². The summed E-state index contributed by atoms with van der Waals surface area (Å²) in [6.07, 6.45) is 0.698. The maximum Gasteiger partial charge on any atom is 0.319 e. The van der Waals surface area contributed by atoms with Crippen molar-refractivity contribution >= 4 is 23.7 Å². The molecule has 0 amide bonds. The molecule has 0 spiro atoms. The van der Waals surface area contributed by atoms with Crippen molar-refractivity contribution in [3.63, 3.8) is 0 Å². The molecule has 0 aromatic carbocycles. The average Bonchev–Trinajstić information content (AvgIpc) is 2.86. The lowest BCUT2D eigenvalue weighted by Crippen LogP contribution is -2.37. The van der Waals surface area contributed by atoms with E-state index in [1.54, 1.807) is 0 Å². The zero-order valence-corrected chi connectivity index (χ0v) is 13.6. The lowest BCUT2D eigenvalue weighted by Gasteiger charge is -2.27. The Bertz CT molecular complexity index is 474. The van der Waals surface area contributed by atoms with Crippen molar-refractivity contribution in [2.24, 2.45) is 7.05 Å². The van der Waals surface area contributed by atoms with Gasteiger partial charge in [0, 0.05) is 20.1 Å². The van der Waals surface area contributed by atoms with Crippen molar-refractivity contribution in [3.8, 4) is 0 Å². The molecular formula is C13H22N4O3S. The molecule has 1 aromatic rings. The maximum absolute atomic E-state index is 11.9. The van der Waals surface area contributed by atoms with Crippen LogP contribution in [-0.2, 0) is 21.3 Å². The smallest absolute Gasteiger partial charge is 0.319 e. The van der Waals surface area contributed by atoms with Crippen LogP contribution in [0.5, 0.6) is 0 Å². The highest BCUT2D eigenvalue weighted by atomic mass is 32.2. The normalized spacial score (nSPS) is 16.8. The van der Waals surface area contributed by atoms with Crippen molar-refractivity contribution in [1.29, 1.82) is 0 Å². The molecule has 0 unspecified atom stereocenters. The third kappa shape index (κ3) is 3.88. The number of ether oxygens (including phenoxy) is 2. The molecule has 21 heavy (non-hydrogen) atoms. The van der Waals surface area contributed by atoms with Crippen LogP contribution in [0.4, 0.5) is 5.95 Å². The van der Waals surface area contributed by atoms with E-state index in [0.29, 0.717) is 26.2 Å². The van der Waals surface area contributed by atoms with Crippen LogP contribution in [-0.4, -0.2) is 58.9 Å². The first kappa shape index (κ1) is 16.1. The molecule has 1 aliphatic rings. The number of anilines is 1. The van der Waals surface area contributed by atoms with E-state index in [9.17, 15) is 4.79 Å². The Morgan fingerprint density at radius 1 is 1.38 bits per heavy atom. The minimum absolute atomic E-state index is 0.194. The number of thioether (sulfide) groups is 1. The first-order chi connectivity index (χ1) is 10.2. The van der Waals surface area contributed by atoms with Crippen LogP contribution in [0, 0.1) is 0 Å². The molecule has 8 heteroatoms. The van der Waals surface area contributed by atoms with Crippen molar-refractivity contribution in [2.45, 2.75) is 30.7 Å². The predicted molar refractivity (Wildman–Crippen MR) is 80.6 cm³/mol.